The van der Waals surface area contributed by atoms with Crippen LogP contribution in [0.2, 0.25) is 0 Å². The predicted molar refractivity (Wildman–Crippen MR) is 148 cm³/mol. The molecule has 5 unspecified atom stereocenters. The number of fused-ring (bicyclic) bond motifs is 3. The number of aromatic amines is 1. The number of rotatable bonds is 6. The Balaban J connectivity index is 1.72. The minimum atomic E-state index is -0.496. The summed E-state index contributed by atoms with van der Waals surface area (Å²) in [5.74, 6) is 0.350. The van der Waals surface area contributed by atoms with E-state index < -0.39 is 6.10 Å². The number of methoxy groups -OCH3 is 1. The lowest BCUT2D eigenvalue weighted by atomic mass is 9.76. The van der Waals surface area contributed by atoms with Crippen LogP contribution in [-0.4, -0.2) is 51.2 Å². The van der Waals surface area contributed by atoms with E-state index in [0.717, 1.165) is 37.0 Å². The van der Waals surface area contributed by atoms with E-state index in [1.54, 1.807) is 16.9 Å². The Morgan fingerprint density at radius 3 is 2.70 bits per heavy atom. The topological polar surface area (TPSA) is 109 Å². The third-order valence-corrected chi connectivity index (χ3v) is 10.7. The summed E-state index contributed by atoms with van der Waals surface area (Å²) in [5, 5.41) is 21.2. The lowest BCUT2D eigenvalue weighted by Gasteiger charge is -2.33. The molecule has 2 aromatic rings. The standard InChI is InChI=1S/C28H37NO6S2/c1-4-5-6-19-23(17-9-10-29-14-17)15-36-37-26-8-7-20-21(13-25(34-3)28(33)27(20)32)22(26)11-18(31)12-24(19)35-16(2)30/h9-10,13-14,19,22-24,26,29,32-33H,4-8,11-12,15H2,1-3H3. The molecule has 0 spiro atoms. The van der Waals surface area contributed by atoms with E-state index in [1.807, 2.05) is 23.2 Å². The zero-order valence-electron chi connectivity index (χ0n) is 21.7. The van der Waals surface area contributed by atoms with Gasteiger partial charge >= 0.3 is 5.97 Å². The van der Waals surface area contributed by atoms with Gasteiger partial charge in [-0.1, -0.05) is 41.4 Å². The number of unbranched alkanes of at least 4 members (excludes halogenated alkanes) is 1. The van der Waals surface area contributed by atoms with Crippen LogP contribution in [0.25, 0.3) is 0 Å². The minimum absolute atomic E-state index is 0.0326. The molecule has 1 aliphatic carbocycles. The maximum absolute atomic E-state index is 13.6. The summed E-state index contributed by atoms with van der Waals surface area (Å²) >= 11 is 0. The molecule has 7 nitrogen and oxygen atoms in total. The fraction of sp³-hybridized carbons (Fsp3) is 0.571. The van der Waals surface area contributed by atoms with Crippen molar-refractivity contribution in [2.45, 2.75) is 82.0 Å². The molecule has 1 fully saturated rings. The molecule has 9 heteroatoms. The number of hydrogen-bond donors (Lipinski definition) is 3. The van der Waals surface area contributed by atoms with E-state index in [1.165, 1.54) is 19.6 Å². The van der Waals surface area contributed by atoms with Gasteiger partial charge in [-0.25, -0.2) is 0 Å². The first-order chi connectivity index (χ1) is 17.8. The quantitative estimate of drug-likeness (QED) is 0.226. The molecule has 0 saturated carbocycles. The zero-order chi connectivity index (χ0) is 26.5. The monoisotopic (exact) mass is 547 g/mol. The predicted octanol–water partition coefficient (Wildman–Crippen LogP) is 6.10. The summed E-state index contributed by atoms with van der Waals surface area (Å²) in [6.45, 7) is 3.56. The minimum Gasteiger partial charge on any atom is -0.504 e. The first-order valence-electron chi connectivity index (χ1n) is 13.1. The van der Waals surface area contributed by atoms with E-state index in [2.05, 4.69) is 18.0 Å². The SMILES string of the molecule is CCCCC1C(OC(C)=O)CC(=O)CC2c3cc(OC)c(O)c(O)c3CCC2SSCC1c1cc[nH]c1. The van der Waals surface area contributed by atoms with Crippen LogP contribution in [0.3, 0.4) is 0 Å². The third kappa shape index (κ3) is 6.25. The number of H-pyrrole nitrogens is 1. The molecule has 5 atom stereocenters. The van der Waals surface area contributed by atoms with Gasteiger partial charge in [0.05, 0.1) is 7.11 Å². The van der Waals surface area contributed by atoms with Crippen LogP contribution in [0, 0.1) is 5.92 Å². The zero-order valence-corrected chi connectivity index (χ0v) is 23.3. The van der Waals surface area contributed by atoms with Crippen molar-refractivity contribution in [3.05, 3.63) is 41.2 Å². The molecule has 1 aromatic heterocycles. The number of phenolic OH excluding ortho intramolecular Hbond substituents is 2. The van der Waals surface area contributed by atoms with Crippen LogP contribution < -0.4 is 4.74 Å². The van der Waals surface area contributed by atoms with Gasteiger partial charge in [-0.05, 0) is 42.5 Å². The number of benzene rings is 1. The summed E-state index contributed by atoms with van der Waals surface area (Å²) in [5.41, 5.74) is 2.72. The molecule has 0 bridgehead atoms. The van der Waals surface area contributed by atoms with Crippen LogP contribution in [0.4, 0.5) is 0 Å². The Hall–Kier alpha value is -2.26. The molecule has 202 valence electrons. The number of ether oxygens (including phenoxy) is 2. The molecule has 1 saturated heterocycles. The van der Waals surface area contributed by atoms with Gasteiger partial charge in [-0.15, -0.1) is 0 Å². The molecular formula is C28H37NO6S2. The summed E-state index contributed by atoms with van der Waals surface area (Å²) in [6.07, 6.45) is 8.21. The van der Waals surface area contributed by atoms with Crippen molar-refractivity contribution in [3.63, 3.8) is 0 Å². The maximum Gasteiger partial charge on any atom is 0.302 e. The number of Topliss-reactive ketones (excluding diaryl/α,β-unsaturated/α-hetero) is 1. The highest BCUT2D eigenvalue weighted by atomic mass is 33.1. The van der Waals surface area contributed by atoms with Gasteiger partial charge < -0.3 is 24.7 Å². The van der Waals surface area contributed by atoms with Crippen molar-refractivity contribution in [2.75, 3.05) is 12.9 Å². The average Bonchev–Trinajstić information content (AvgIpc) is 3.39. The van der Waals surface area contributed by atoms with Crippen LogP contribution in [0.1, 0.15) is 80.9 Å². The third-order valence-electron chi connectivity index (χ3n) is 7.69. The molecule has 0 amide bonds. The van der Waals surface area contributed by atoms with E-state index in [9.17, 15) is 19.8 Å². The number of hydrogen-bond acceptors (Lipinski definition) is 8. The smallest absolute Gasteiger partial charge is 0.302 e. The van der Waals surface area contributed by atoms with Crippen molar-refractivity contribution < 1.29 is 29.3 Å². The van der Waals surface area contributed by atoms with E-state index in [4.69, 9.17) is 9.47 Å². The maximum atomic E-state index is 13.6. The normalized spacial score (nSPS) is 26.5. The van der Waals surface area contributed by atoms with E-state index in [-0.39, 0.29) is 64.8 Å². The van der Waals surface area contributed by atoms with Crippen LogP contribution in [-0.2, 0) is 20.7 Å². The first-order valence-corrected chi connectivity index (χ1v) is 15.4. The lowest BCUT2D eigenvalue weighted by Crippen LogP contribution is -2.34. The first kappa shape index (κ1) is 27.8. The molecule has 37 heavy (non-hydrogen) atoms. The number of carbonyl (C=O) groups is 2. The summed E-state index contributed by atoms with van der Waals surface area (Å²) in [4.78, 5) is 29.0. The van der Waals surface area contributed by atoms with Crippen molar-refractivity contribution in [2.24, 2.45) is 5.92 Å². The van der Waals surface area contributed by atoms with Gasteiger partial charge in [0.25, 0.3) is 0 Å². The molecule has 0 radical (unpaired) electrons. The van der Waals surface area contributed by atoms with Crippen LogP contribution in [0.15, 0.2) is 24.5 Å². The van der Waals surface area contributed by atoms with Crippen molar-refractivity contribution in [1.29, 1.82) is 0 Å². The second-order valence-electron chi connectivity index (χ2n) is 10.1. The number of aromatic hydroxyl groups is 2. The Kier molecular flexibility index (Phi) is 9.40. The van der Waals surface area contributed by atoms with Crippen LogP contribution in [0.5, 0.6) is 17.2 Å². The highest BCUT2D eigenvalue weighted by molar-refractivity contribution is 8.77. The van der Waals surface area contributed by atoms with Gasteiger partial charge in [0.2, 0.25) is 5.75 Å². The largest absolute Gasteiger partial charge is 0.504 e. The van der Waals surface area contributed by atoms with Crippen molar-refractivity contribution >= 4 is 33.3 Å². The number of nitrogens with one attached hydrogen (secondary N) is 1. The number of ketones is 1. The fourth-order valence-electron chi connectivity index (χ4n) is 5.85. The Morgan fingerprint density at radius 2 is 2.03 bits per heavy atom. The molecule has 4 rings (SSSR count). The second-order valence-corrected chi connectivity index (χ2v) is 12.7. The Morgan fingerprint density at radius 1 is 1.22 bits per heavy atom. The Labute approximate surface area is 226 Å². The average molecular weight is 548 g/mol. The highest BCUT2D eigenvalue weighted by Crippen LogP contribution is 2.52. The molecular weight excluding hydrogens is 510 g/mol. The lowest BCUT2D eigenvalue weighted by molar-refractivity contribution is -0.151. The molecule has 2 heterocycles. The second kappa shape index (κ2) is 12.5. The van der Waals surface area contributed by atoms with E-state index in [0.29, 0.717) is 12.0 Å². The van der Waals surface area contributed by atoms with Crippen molar-refractivity contribution in [3.8, 4) is 17.2 Å². The summed E-state index contributed by atoms with van der Waals surface area (Å²) in [6, 6.07) is 3.86. The van der Waals surface area contributed by atoms with Crippen LogP contribution >= 0.6 is 21.6 Å². The molecule has 1 aromatic carbocycles. The Bertz CT molecular complexity index is 1090. The summed E-state index contributed by atoms with van der Waals surface area (Å²) in [7, 11) is 5.07. The summed E-state index contributed by atoms with van der Waals surface area (Å²) < 4.78 is 11.2. The van der Waals surface area contributed by atoms with Crippen molar-refractivity contribution in [1.82, 2.24) is 4.98 Å². The van der Waals surface area contributed by atoms with Gasteiger partial charge in [0.1, 0.15) is 11.9 Å². The molecule has 1 aliphatic heterocycles. The number of aromatic nitrogens is 1. The number of esters is 1. The van der Waals surface area contributed by atoms with E-state index >= 15 is 0 Å². The van der Waals surface area contributed by atoms with Gasteiger partial charge in [-0.3, -0.25) is 9.59 Å². The molecule has 2 aliphatic rings. The highest BCUT2D eigenvalue weighted by Gasteiger charge is 2.39. The van der Waals surface area contributed by atoms with Gasteiger partial charge in [0.15, 0.2) is 11.5 Å². The fourth-order valence-corrected chi connectivity index (χ4v) is 9.18. The molecule has 3 N–H and O–H groups in total. The van der Waals surface area contributed by atoms with Gasteiger partial charge in [0, 0.05) is 66.5 Å². The number of carbonyl (C=O) groups excluding carboxylic acids is 2. The number of phenols is 2. The van der Waals surface area contributed by atoms with Gasteiger partial charge in [-0.2, -0.15) is 0 Å².